The molecule has 0 bridgehead atoms. The number of rotatable bonds is 6. The molecule has 0 atom stereocenters. The Morgan fingerprint density at radius 2 is 1.61 bits per heavy atom. The Labute approximate surface area is 163 Å². The number of hydrogen-bond donors (Lipinski definition) is 0. The molecular weight excluding hydrogens is 360 g/mol. The lowest BCUT2D eigenvalue weighted by molar-refractivity contribution is -0.140. The fraction of sp³-hybridized carbons (Fsp3) is 0.238. The minimum Gasteiger partial charge on any atom is -0.493 e. The monoisotopic (exact) mass is 382 g/mol. The van der Waals surface area contributed by atoms with Crippen LogP contribution < -0.4 is 14.2 Å². The number of hydrogen-bond acceptors (Lipinski definition) is 6. The number of oxime groups is 1. The summed E-state index contributed by atoms with van der Waals surface area (Å²) < 4.78 is 18.3. The molecule has 0 aliphatic rings. The highest BCUT2D eigenvalue weighted by Gasteiger charge is 2.18. The summed E-state index contributed by atoms with van der Waals surface area (Å²) >= 11 is 0. The van der Waals surface area contributed by atoms with E-state index in [9.17, 15) is 4.79 Å². The van der Waals surface area contributed by atoms with Gasteiger partial charge in [-0.3, -0.25) is 0 Å². The zero-order valence-electron chi connectivity index (χ0n) is 16.5. The van der Waals surface area contributed by atoms with Gasteiger partial charge in [-0.25, -0.2) is 4.79 Å². The van der Waals surface area contributed by atoms with E-state index >= 15 is 0 Å². The molecule has 146 valence electrons. The summed E-state index contributed by atoms with van der Waals surface area (Å²) in [6.07, 6.45) is 1.98. The van der Waals surface area contributed by atoms with Gasteiger partial charge in [0.2, 0.25) is 5.75 Å². The SMILES string of the molecule is COc1cc(/C(=N\OC(C)=O)c2ccc3c(ccn3C)c2)cc(OC)c1OC. The molecule has 0 aliphatic carbocycles. The predicted octanol–water partition coefficient (Wildman–Crippen LogP) is 3.52. The summed E-state index contributed by atoms with van der Waals surface area (Å²) in [7, 11) is 6.60. The van der Waals surface area contributed by atoms with Crippen molar-refractivity contribution in [1.29, 1.82) is 0 Å². The molecule has 0 amide bonds. The summed E-state index contributed by atoms with van der Waals surface area (Å²) in [6.45, 7) is 1.30. The minimum absolute atomic E-state index is 0.471. The first-order chi connectivity index (χ1) is 13.5. The summed E-state index contributed by atoms with van der Waals surface area (Å²) in [5, 5.41) is 5.14. The quantitative estimate of drug-likeness (QED) is 0.371. The number of aromatic nitrogens is 1. The number of aryl methyl sites for hydroxylation is 1. The highest BCUT2D eigenvalue weighted by molar-refractivity contribution is 6.14. The lowest BCUT2D eigenvalue weighted by Crippen LogP contribution is -2.08. The highest BCUT2D eigenvalue weighted by Crippen LogP contribution is 2.39. The number of carbonyl (C=O) groups excluding carboxylic acids is 1. The molecule has 0 radical (unpaired) electrons. The molecule has 0 spiro atoms. The van der Waals surface area contributed by atoms with E-state index < -0.39 is 5.97 Å². The Balaban J connectivity index is 2.19. The molecule has 1 aromatic heterocycles. The molecule has 1 heterocycles. The highest BCUT2D eigenvalue weighted by atomic mass is 16.7. The Kier molecular flexibility index (Phi) is 5.54. The van der Waals surface area contributed by atoms with Gasteiger partial charge in [-0.2, -0.15) is 0 Å². The van der Waals surface area contributed by atoms with Crippen LogP contribution in [0.1, 0.15) is 18.1 Å². The van der Waals surface area contributed by atoms with Crippen molar-refractivity contribution in [3.05, 3.63) is 53.7 Å². The van der Waals surface area contributed by atoms with E-state index in [0.717, 1.165) is 16.5 Å². The number of benzene rings is 2. The van der Waals surface area contributed by atoms with Crippen molar-refractivity contribution in [3.63, 3.8) is 0 Å². The van der Waals surface area contributed by atoms with Crippen LogP contribution in [0.2, 0.25) is 0 Å². The van der Waals surface area contributed by atoms with Crippen molar-refractivity contribution in [3.8, 4) is 17.2 Å². The zero-order chi connectivity index (χ0) is 20.3. The molecule has 0 saturated carbocycles. The Morgan fingerprint density at radius 3 is 2.18 bits per heavy atom. The predicted molar refractivity (Wildman–Crippen MR) is 106 cm³/mol. The normalized spacial score (nSPS) is 11.4. The third-order valence-electron chi connectivity index (χ3n) is 4.36. The van der Waals surface area contributed by atoms with Crippen LogP contribution in [0, 0.1) is 0 Å². The molecule has 3 rings (SSSR count). The Bertz CT molecular complexity index is 1030. The third-order valence-corrected chi connectivity index (χ3v) is 4.36. The van der Waals surface area contributed by atoms with Crippen molar-refractivity contribution in [2.45, 2.75) is 6.92 Å². The zero-order valence-corrected chi connectivity index (χ0v) is 16.5. The number of methoxy groups -OCH3 is 3. The maximum atomic E-state index is 11.4. The van der Waals surface area contributed by atoms with E-state index in [-0.39, 0.29) is 0 Å². The van der Waals surface area contributed by atoms with Gasteiger partial charge in [0, 0.05) is 42.2 Å². The molecule has 7 nitrogen and oxygen atoms in total. The lowest BCUT2D eigenvalue weighted by atomic mass is 10.00. The molecule has 3 aromatic rings. The van der Waals surface area contributed by atoms with Gasteiger partial charge >= 0.3 is 5.97 Å². The van der Waals surface area contributed by atoms with Gasteiger partial charge in [0.25, 0.3) is 0 Å². The van der Waals surface area contributed by atoms with E-state index in [0.29, 0.717) is 28.5 Å². The number of fused-ring (bicyclic) bond motifs is 1. The first-order valence-electron chi connectivity index (χ1n) is 8.60. The largest absolute Gasteiger partial charge is 0.493 e. The van der Waals surface area contributed by atoms with Crippen molar-refractivity contribution in [2.75, 3.05) is 21.3 Å². The van der Waals surface area contributed by atoms with Gasteiger partial charge in [0.1, 0.15) is 5.71 Å². The first-order valence-corrected chi connectivity index (χ1v) is 8.60. The van der Waals surface area contributed by atoms with Crippen molar-refractivity contribution in [2.24, 2.45) is 12.2 Å². The van der Waals surface area contributed by atoms with Crippen LogP contribution in [-0.4, -0.2) is 37.6 Å². The van der Waals surface area contributed by atoms with Crippen LogP contribution in [0.5, 0.6) is 17.2 Å². The fourth-order valence-electron chi connectivity index (χ4n) is 3.03. The minimum atomic E-state index is -0.509. The van der Waals surface area contributed by atoms with Gasteiger partial charge in [0.05, 0.1) is 21.3 Å². The Morgan fingerprint density at radius 1 is 0.929 bits per heavy atom. The van der Waals surface area contributed by atoms with E-state index in [2.05, 4.69) is 5.16 Å². The maximum Gasteiger partial charge on any atom is 0.332 e. The third kappa shape index (κ3) is 3.64. The average Bonchev–Trinajstić information content (AvgIpc) is 3.07. The van der Waals surface area contributed by atoms with Crippen molar-refractivity contribution >= 4 is 22.6 Å². The fourth-order valence-corrected chi connectivity index (χ4v) is 3.03. The molecule has 0 N–H and O–H groups in total. The summed E-state index contributed by atoms with van der Waals surface area (Å²) in [5.74, 6) is 0.922. The number of ether oxygens (including phenoxy) is 3. The summed E-state index contributed by atoms with van der Waals surface area (Å²) in [5.41, 5.74) is 3.00. The summed E-state index contributed by atoms with van der Waals surface area (Å²) in [6, 6.07) is 11.4. The topological polar surface area (TPSA) is 71.3 Å². The average molecular weight is 382 g/mol. The molecule has 0 aliphatic heterocycles. The smallest absolute Gasteiger partial charge is 0.332 e. The first kappa shape index (κ1) is 19.3. The van der Waals surface area contributed by atoms with Crippen LogP contribution in [0.25, 0.3) is 10.9 Å². The van der Waals surface area contributed by atoms with E-state index in [1.165, 1.54) is 14.0 Å². The van der Waals surface area contributed by atoms with E-state index in [1.54, 1.807) is 26.4 Å². The van der Waals surface area contributed by atoms with Gasteiger partial charge in [0.15, 0.2) is 11.5 Å². The Hall–Kier alpha value is -3.48. The molecule has 2 aromatic carbocycles. The molecule has 0 saturated heterocycles. The molecule has 0 unspecified atom stereocenters. The lowest BCUT2D eigenvalue weighted by Gasteiger charge is -2.15. The van der Waals surface area contributed by atoms with Crippen molar-refractivity contribution < 1.29 is 23.8 Å². The van der Waals surface area contributed by atoms with Crippen LogP contribution in [0.15, 0.2) is 47.8 Å². The number of carbonyl (C=O) groups is 1. The molecular formula is C21H22N2O5. The van der Waals surface area contributed by atoms with Crippen LogP contribution >= 0.6 is 0 Å². The molecule has 28 heavy (non-hydrogen) atoms. The maximum absolute atomic E-state index is 11.4. The van der Waals surface area contributed by atoms with Crippen LogP contribution in [-0.2, 0) is 16.7 Å². The standard InChI is InChI=1S/C21H22N2O5/c1-13(24)28-22-20(15-6-7-17-14(10-15)8-9-23(17)2)16-11-18(25-3)21(27-5)19(12-16)26-4/h6-12H,1-5H3/b22-20-. The van der Waals surface area contributed by atoms with E-state index in [4.69, 9.17) is 19.0 Å². The second kappa shape index (κ2) is 8.04. The van der Waals surface area contributed by atoms with Gasteiger partial charge in [-0.15, -0.1) is 0 Å². The van der Waals surface area contributed by atoms with E-state index in [1.807, 2.05) is 42.1 Å². The van der Waals surface area contributed by atoms with Crippen LogP contribution in [0.4, 0.5) is 0 Å². The molecule has 7 heteroatoms. The van der Waals surface area contributed by atoms with Gasteiger partial charge in [-0.05, 0) is 30.3 Å². The summed E-state index contributed by atoms with van der Waals surface area (Å²) in [4.78, 5) is 16.3. The van der Waals surface area contributed by atoms with Gasteiger partial charge in [-0.1, -0.05) is 11.2 Å². The van der Waals surface area contributed by atoms with Crippen molar-refractivity contribution in [1.82, 2.24) is 4.57 Å². The second-order valence-electron chi connectivity index (χ2n) is 6.14. The van der Waals surface area contributed by atoms with Crippen LogP contribution in [0.3, 0.4) is 0 Å². The number of nitrogens with zero attached hydrogens (tertiary/aromatic N) is 2. The second-order valence-corrected chi connectivity index (χ2v) is 6.14. The molecule has 0 fully saturated rings. The van der Waals surface area contributed by atoms with Gasteiger partial charge < -0.3 is 23.6 Å².